The number of rotatable bonds is 3. The van der Waals surface area contributed by atoms with Crippen molar-refractivity contribution in [3.8, 4) is 0 Å². The summed E-state index contributed by atoms with van der Waals surface area (Å²) in [5.41, 5.74) is 0.975. The highest BCUT2D eigenvalue weighted by Crippen LogP contribution is 2.20. The number of carbonyl (C=O) groups is 1. The molecule has 0 amide bonds. The SMILES string of the molecule is CCOC(=O)C1N=C1C(C)C. The first-order valence-corrected chi connectivity index (χ1v) is 3.91. The third-order valence-corrected chi connectivity index (χ3v) is 1.59. The van der Waals surface area contributed by atoms with Crippen molar-refractivity contribution in [1.29, 1.82) is 0 Å². The molecule has 0 aromatic rings. The lowest BCUT2D eigenvalue weighted by molar-refractivity contribution is -0.142. The number of aliphatic imine (C=N–C) groups is 1. The van der Waals surface area contributed by atoms with E-state index in [2.05, 4.69) is 4.99 Å². The van der Waals surface area contributed by atoms with Crippen LogP contribution in [-0.4, -0.2) is 24.3 Å². The fraction of sp³-hybridized carbons (Fsp3) is 0.750. The molecule has 0 spiro atoms. The van der Waals surface area contributed by atoms with Gasteiger partial charge in [-0.25, -0.2) is 4.79 Å². The molecule has 3 nitrogen and oxygen atoms in total. The summed E-state index contributed by atoms with van der Waals surface area (Å²) < 4.78 is 4.79. The van der Waals surface area contributed by atoms with Gasteiger partial charge < -0.3 is 4.74 Å². The van der Waals surface area contributed by atoms with E-state index in [1.54, 1.807) is 6.92 Å². The van der Waals surface area contributed by atoms with Crippen molar-refractivity contribution in [2.75, 3.05) is 6.61 Å². The Morgan fingerprint density at radius 2 is 2.36 bits per heavy atom. The number of nitrogens with zero attached hydrogens (tertiary/aromatic N) is 1. The van der Waals surface area contributed by atoms with Gasteiger partial charge in [-0.2, -0.15) is 0 Å². The molecule has 1 atom stereocenters. The molecule has 62 valence electrons. The topological polar surface area (TPSA) is 38.7 Å². The predicted octanol–water partition coefficient (Wildman–Crippen LogP) is 1.03. The molecule has 1 heterocycles. The molecular weight excluding hydrogens is 142 g/mol. The highest BCUT2D eigenvalue weighted by atomic mass is 16.5. The van der Waals surface area contributed by atoms with Gasteiger partial charge in [0.25, 0.3) is 0 Å². The molecule has 0 aromatic heterocycles. The molecule has 0 N–H and O–H groups in total. The third-order valence-electron chi connectivity index (χ3n) is 1.59. The van der Waals surface area contributed by atoms with Gasteiger partial charge in [-0.15, -0.1) is 0 Å². The number of hydrogen-bond donors (Lipinski definition) is 0. The summed E-state index contributed by atoms with van der Waals surface area (Å²) in [6.07, 6.45) is 0. The largest absolute Gasteiger partial charge is 0.464 e. The maximum atomic E-state index is 11.0. The summed E-state index contributed by atoms with van der Waals surface area (Å²) >= 11 is 0. The van der Waals surface area contributed by atoms with E-state index in [0.29, 0.717) is 12.5 Å². The Balaban J connectivity index is 2.29. The Hall–Kier alpha value is -0.860. The van der Waals surface area contributed by atoms with Crippen LogP contribution < -0.4 is 0 Å². The second kappa shape index (κ2) is 3.03. The summed E-state index contributed by atoms with van der Waals surface area (Å²) in [6.45, 7) is 6.29. The van der Waals surface area contributed by atoms with E-state index < -0.39 is 0 Å². The number of hydrogen-bond acceptors (Lipinski definition) is 3. The fourth-order valence-electron chi connectivity index (χ4n) is 0.971. The quantitative estimate of drug-likeness (QED) is 0.571. The van der Waals surface area contributed by atoms with Gasteiger partial charge in [0, 0.05) is 0 Å². The van der Waals surface area contributed by atoms with E-state index in [-0.39, 0.29) is 12.0 Å². The molecule has 1 rings (SSSR count). The van der Waals surface area contributed by atoms with Gasteiger partial charge in [0.15, 0.2) is 6.04 Å². The van der Waals surface area contributed by atoms with Crippen molar-refractivity contribution in [2.45, 2.75) is 26.8 Å². The number of carbonyl (C=O) groups excluding carboxylic acids is 1. The summed E-state index contributed by atoms with van der Waals surface area (Å²) in [5, 5.41) is 0. The molecular formula is C8H13NO2. The van der Waals surface area contributed by atoms with E-state index in [4.69, 9.17) is 4.74 Å². The second-order valence-electron chi connectivity index (χ2n) is 2.86. The third kappa shape index (κ3) is 1.79. The lowest BCUT2D eigenvalue weighted by atomic mass is 10.1. The highest BCUT2D eigenvalue weighted by Gasteiger charge is 2.37. The average Bonchev–Trinajstić information content (AvgIpc) is 2.65. The zero-order valence-electron chi connectivity index (χ0n) is 7.13. The van der Waals surface area contributed by atoms with Crippen LogP contribution in [0.3, 0.4) is 0 Å². The standard InChI is InChI=1S/C8H13NO2/c1-4-11-8(10)7-6(9-7)5(2)3/h5,7H,4H2,1-3H3. The molecule has 1 unspecified atom stereocenters. The molecule has 0 bridgehead atoms. The average molecular weight is 155 g/mol. The minimum absolute atomic E-state index is 0.198. The summed E-state index contributed by atoms with van der Waals surface area (Å²) in [4.78, 5) is 15.0. The highest BCUT2D eigenvalue weighted by molar-refractivity contribution is 6.16. The molecule has 0 aromatic carbocycles. The zero-order chi connectivity index (χ0) is 8.43. The van der Waals surface area contributed by atoms with Crippen molar-refractivity contribution >= 4 is 11.7 Å². The molecule has 3 heteroatoms. The Morgan fingerprint density at radius 3 is 2.73 bits per heavy atom. The molecule has 0 aliphatic carbocycles. The molecule has 0 radical (unpaired) electrons. The van der Waals surface area contributed by atoms with Crippen LogP contribution in [0.2, 0.25) is 0 Å². The maximum absolute atomic E-state index is 11.0. The zero-order valence-corrected chi connectivity index (χ0v) is 7.13. The fourth-order valence-corrected chi connectivity index (χ4v) is 0.971. The lowest BCUT2D eigenvalue weighted by Gasteiger charge is -1.99. The van der Waals surface area contributed by atoms with Crippen molar-refractivity contribution < 1.29 is 9.53 Å². The van der Waals surface area contributed by atoms with Gasteiger partial charge in [-0.1, -0.05) is 13.8 Å². The smallest absolute Gasteiger partial charge is 0.336 e. The van der Waals surface area contributed by atoms with E-state index in [9.17, 15) is 4.79 Å². The molecule has 1 aliphatic heterocycles. The van der Waals surface area contributed by atoms with Crippen molar-refractivity contribution in [1.82, 2.24) is 0 Å². The van der Waals surface area contributed by atoms with Gasteiger partial charge in [-0.3, -0.25) is 4.99 Å². The molecule has 0 saturated carbocycles. The Kier molecular flexibility index (Phi) is 2.27. The number of esters is 1. The molecule has 0 fully saturated rings. The van der Waals surface area contributed by atoms with Crippen molar-refractivity contribution in [3.63, 3.8) is 0 Å². The second-order valence-corrected chi connectivity index (χ2v) is 2.86. The van der Waals surface area contributed by atoms with Gasteiger partial charge in [-0.05, 0) is 12.8 Å². The molecule has 11 heavy (non-hydrogen) atoms. The summed E-state index contributed by atoms with van der Waals surface area (Å²) in [5.74, 6) is 0.181. The van der Waals surface area contributed by atoms with E-state index in [1.165, 1.54) is 0 Å². The van der Waals surface area contributed by atoms with Crippen LogP contribution in [0.25, 0.3) is 0 Å². The van der Waals surface area contributed by atoms with Gasteiger partial charge in [0.1, 0.15) is 0 Å². The summed E-state index contributed by atoms with van der Waals surface area (Å²) in [7, 11) is 0. The molecule has 1 aliphatic rings. The van der Waals surface area contributed by atoms with Crippen LogP contribution in [0.4, 0.5) is 0 Å². The van der Waals surface area contributed by atoms with Crippen molar-refractivity contribution in [2.24, 2.45) is 10.9 Å². The Morgan fingerprint density at radius 1 is 1.73 bits per heavy atom. The van der Waals surface area contributed by atoms with Gasteiger partial charge >= 0.3 is 5.97 Å². The first kappa shape index (κ1) is 8.24. The minimum Gasteiger partial charge on any atom is -0.464 e. The number of ether oxygens (including phenoxy) is 1. The first-order chi connectivity index (χ1) is 5.16. The normalized spacial score (nSPS) is 21.5. The monoisotopic (exact) mass is 155 g/mol. The van der Waals surface area contributed by atoms with Crippen LogP contribution in [0.1, 0.15) is 20.8 Å². The Labute approximate surface area is 66.5 Å². The lowest BCUT2D eigenvalue weighted by Crippen LogP contribution is -2.18. The van der Waals surface area contributed by atoms with Gasteiger partial charge in [0.2, 0.25) is 0 Å². The van der Waals surface area contributed by atoms with Crippen LogP contribution in [0.15, 0.2) is 4.99 Å². The van der Waals surface area contributed by atoms with E-state index in [0.717, 1.165) is 5.71 Å². The predicted molar refractivity (Wildman–Crippen MR) is 42.7 cm³/mol. The Bertz CT molecular complexity index is 196. The molecule has 0 saturated heterocycles. The summed E-state index contributed by atoms with van der Waals surface area (Å²) in [6, 6.07) is -0.241. The van der Waals surface area contributed by atoms with Crippen LogP contribution in [0.5, 0.6) is 0 Å². The van der Waals surface area contributed by atoms with Crippen molar-refractivity contribution in [3.05, 3.63) is 0 Å². The minimum atomic E-state index is -0.241. The van der Waals surface area contributed by atoms with E-state index in [1.807, 2.05) is 13.8 Å². The van der Waals surface area contributed by atoms with Crippen LogP contribution >= 0.6 is 0 Å². The van der Waals surface area contributed by atoms with Crippen LogP contribution in [0, 0.1) is 5.92 Å². The van der Waals surface area contributed by atoms with Gasteiger partial charge in [0.05, 0.1) is 12.3 Å². The van der Waals surface area contributed by atoms with Crippen LogP contribution in [-0.2, 0) is 9.53 Å². The first-order valence-electron chi connectivity index (χ1n) is 3.91. The van der Waals surface area contributed by atoms with E-state index >= 15 is 0 Å². The maximum Gasteiger partial charge on any atom is 0.336 e.